The third-order valence-electron chi connectivity index (χ3n) is 5.46. The van der Waals surface area contributed by atoms with E-state index < -0.39 is 23.2 Å². The van der Waals surface area contributed by atoms with E-state index in [2.05, 4.69) is 4.99 Å². The van der Waals surface area contributed by atoms with Gasteiger partial charge >= 0.3 is 6.18 Å². The molecule has 0 radical (unpaired) electrons. The van der Waals surface area contributed by atoms with E-state index in [1.54, 1.807) is 18.2 Å². The van der Waals surface area contributed by atoms with Gasteiger partial charge in [-0.1, -0.05) is 18.2 Å². The number of benzene rings is 2. The van der Waals surface area contributed by atoms with E-state index in [1.807, 2.05) is 6.07 Å². The molecule has 0 aliphatic carbocycles. The Morgan fingerprint density at radius 2 is 1.83 bits per heavy atom. The molecule has 0 saturated heterocycles. The second-order valence-corrected chi connectivity index (χ2v) is 7.52. The van der Waals surface area contributed by atoms with Gasteiger partial charge in [0.15, 0.2) is 11.5 Å². The van der Waals surface area contributed by atoms with E-state index in [9.17, 15) is 28.3 Å². The molecule has 0 fully saturated rings. The molecule has 3 rings (SSSR count). The predicted molar refractivity (Wildman–Crippen MR) is 124 cm³/mol. The van der Waals surface area contributed by atoms with E-state index >= 15 is 0 Å². The molecule has 35 heavy (non-hydrogen) atoms. The maximum Gasteiger partial charge on any atom is 0.418 e. The van der Waals surface area contributed by atoms with Gasteiger partial charge in [0.1, 0.15) is 11.6 Å². The van der Waals surface area contributed by atoms with Crippen molar-refractivity contribution in [3.8, 4) is 23.4 Å². The Morgan fingerprint density at radius 1 is 1.14 bits per heavy atom. The average molecular weight is 485 g/mol. The lowest BCUT2D eigenvalue weighted by atomic mass is 10.1. The third kappa shape index (κ3) is 5.30. The van der Waals surface area contributed by atoms with Crippen molar-refractivity contribution in [2.75, 3.05) is 14.2 Å². The highest BCUT2D eigenvalue weighted by Gasteiger charge is 2.33. The van der Waals surface area contributed by atoms with Crippen molar-refractivity contribution in [3.63, 3.8) is 0 Å². The number of aromatic nitrogens is 1. The molecule has 0 spiro atoms. The summed E-state index contributed by atoms with van der Waals surface area (Å²) < 4.78 is 51.4. The van der Waals surface area contributed by atoms with Crippen LogP contribution >= 0.6 is 0 Å². The van der Waals surface area contributed by atoms with Gasteiger partial charge in [-0.15, -0.1) is 0 Å². The second-order valence-electron chi connectivity index (χ2n) is 7.52. The summed E-state index contributed by atoms with van der Waals surface area (Å²) in [6.07, 6.45) is -3.31. The number of halogens is 3. The molecule has 0 amide bonds. The van der Waals surface area contributed by atoms with E-state index in [0.29, 0.717) is 11.5 Å². The lowest BCUT2D eigenvalue weighted by molar-refractivity contribution is -0.137. The zero-order chi connectivity index (χ0) is 25.8. The highest BCUT2D eigenvalue weighted by molar-refractivity contribution is 5.87. The fraction of sp³-hybridized carbons (Fsp3) is 0.240. The minimum atomic E-state index is -4.62. The van der Waals surface area contributed by atoms with Crippen molar-refractivity contribution in [3.05, 3.63) is 80.6 Å². The fourth-order valence-corrected chi connectivity index (χ4v) is 3.57. The molecule has 0 unspecified atom stereocenters. The lowest BCUT2D eigenvalue weighted by Crippen LogP contribution is -2.26. The van der Waals surface area contributed by atoms with Gasteiger partial charge in [0.2, 0.25) is 5.88 Å². The van der Waals surface area contributed by atoms with Gasteiger partial charge in [-0.2, -0.15) is 18.4 Å². The van der Waals surface area contributed by atoms with Crippen LogP contribution in [0.4, 0.5) is 18.9 Å². The maximum absolute atomic E-state index is 13.3. The molecule has 1 heterocycles. The number of nitriles is 1. The molecule has 0 atom stereocenters. The summed E-state index contributed by atoms with van der Waals surface area (Å²) in [5.74, 6) is 0.510. The van der Waals surface area contributed by atoms with Crippen LogP contribution in [0.5, 0.6) is 17.4 Å². The number of aliphatic imine (C=N–C) groups is 1. The van der Waals surface area contributed by atoms with Crippen LogP contribution in [0.1, 0.15) is 27.8 Å². The number of methoxy groups -OCH3 is 2. The van der Waals surface area contributed by atoms with E-state index in [4.69, 9.17) is 9.47 Å². The molecule has 10 heteroatoms. The smallest absolute Gasteiger partial charge is 0.418 e. The van der Waals surface area contributed by atoms with Crippen molar-refractivity contribution in [1.29, 1.82) is 5.26 Å². The first kappa shape index (κ1) is 25.4. The van der Waals surface area contributed by atoms with Gasteiger partial charge in [-0.05, 0) is 48.7 Å². The van der Waals surface area contributed by atoms with Crippen molar-refractivity contribution in [2.45, 2.75) is 26.1 Å². The number of hydrogen-bond acceptors (Lipinski definition) is 6. The van der Waals surface area contributed by atoms with E-state index in [-0.39, 0.29) is 35.3 Å². The van der Waals surface area contributed by atoms with Gasteiger partial charge in [0.25, 0.3) is 5.56 Å². The van der Waals surface area contributed by atoms with Crippen LogP contribution in [0.15, 0.2) is 52.3 Å². The highest BCUT2D eigenvalue weighted by atomic mass is 19.4. The number of ether oxygens (including phenoxy) is 2. The Balaban J connectivity index is 2.03. The van der Waals surface area contributed by atoms with Crippen LogP contribution in [-0.2, 0) is 19.1 Å². The van der Waals surface area contributed by atoms with Gasteiger partial charge in [0, 0.05) is 12.8 Å². The summed E-state index contributed by atoms with van der Waals surface area (Å²) in [5.41, 5.74) is -1.40. The zero-order valence-electron chi connectivity index (χ0n) is 19.2. The van der Waals surface area contributed by atoms with Crippen LogP contribution in [0.3, 0.4) is 0 Å². The minimum Gasteiger partial charge on any atom is -0.494 e. The Bertz CT molecular complexity index is 1370. The summed E-state index contributed by atoms with van der Waals surface area (Å²) in [6, 6.07) is 11.7. The number of rotatable bonds is 7. The second kappa shape index (κ2) is 10.3. The third-order valence-corrected chi connectivity index (χ3v) is 5.46. The van der Waals surface area contributed by atoms with Crippen LogP contribution in [-0.4, -0.2) is 30.1 Å². The SMILES string of the molecule is COc1ccc(CCn2c(O)c(C=Nc3ccccc3C(F)(F)F)c(C)c(C#N)c2=O)cc1OC. The largest absolute Gasteiger partial charge is 0.494 e. The van der Waals surface area contributed by atoms with Crippen molar-refractivity contribution in [1.82, 2.24) is 4.57 Å². The van der Waals surface area contributed by atoms with Gasteiger partial charge in [-0.25, -0.2) is 0 Å². The summed E-state index contributed by atoms with van der Waals surface area (Å²) in [6.45, 7) is 1.42. The molecule has 0 bridgehead atoms. The van der Waals surface area contributed by atoms with Crippen LogP contribution in [0, 0.1) is 18.3 Å². The van der Waals surface area contributed by atoms with E-state index in [1.165, 1.54) is 39.3 Å². The molecule has 1 aromatic heterocycles. The summed E-state index contributed by atoms with van der Waals surface area (Å²) >= 11 is 0. The first-order chi connectivity index (χ1) is 16.6. The Kier molecular flexibility index (Phi) is 7.49. The number of hydrogen-bond donors (Lipinski definition) is 1. The molecule has 1 N–H and O–H groups in total. The molecule has 0 saturated carbocycles. The Morgan fingerprint density at radius 3 is 2.46 bits per heavy atom. The van der Waals surface area contributed by atoms with Gasteiger partial charge in [-0.3, -0.25) is 14.4 Å². The summed E-state index contributed by atoms with van der Waals surface area (Å²) in [4.78, 5) is 16.8. The lowest BCUT2D eigenvalue weighted by Gasteiger charge is -2.15. The molecule has 182 valence electrons. The first-order valence-electron chi connectivity index (χ1n) is 10.4. The van der Waals surface area contributed by atoms with Gasteiger partial charge < -0.3 is 14.6 Å². The number of para-hydroxylation sites is 1. The standard InChI is InChI=1S/C25H22F3N3O4/c1-15-17(13-29)23(32)31(11-10-16-8-9-21(34-2)22(12-16)35-3)24(33)18(15)14-30-20-7-5-4-6-19(20)25(26,27)28/h4-9,12,14,33H,10-11H2,1-3H3. The van der Waals surface area contributed by atoms with E-state index in [0.717, 1.165) is 22.4 Å². The molecule has 2 aromatic carbocycles. The monoisotopic (exact) mass is 485 g/mol. The van der Waals surface area contributed by atoms with Crippen molar-refractivity contribution >= 4 is 11.9 Å². The number of aromatic hydroxyl groups is 1. The Hall–Kier alpha value is -4.26. The fourth-order valence-electron chi connectivity index (χ4n) is 3.57. The molecule has 7 nitrogen and oxygen atoms in total. The number of alkyl halides is 3. The van der Waals surface area contributed by atoms with Crippen molar-refractivity contribution in [2.24, 2.45) is 4.99 Å². The molecular weight excluding hydrogens is 463 g/mol. The van der Waals surface area contributed by atoms with Crippen LogP contribution in [0.25, 0.3) is 0 Å². The summed E-state index contributed by atoms with van der Waals surface area (Å²) in [7, 11) is 2.99. The molecule has 0 aliphatic rings. The average Bonchev–Trinajstić information content (AvgIpc) is 2.83. The molecule has 3 aromatic rings. The van der Waals surface area contributed by atoms with Crippen LogP contribution < -0.4 is 15.0 Å². The number of pyridine rings is 1. The first-order valence-corrected chi connectivity index (χ1v) is 10.4. The predicted octanol–water partition coefficient (Wildman–Crippen LogP) is 4.76. The molecular formula is C25H22F3N3O4. The van der Waals surface area contributed by atoms with Crippen LogP contribution in [0.2, 0.25) is 0 Å². The topological polar surface area (TPSA) is 96.8 Å². The number of aryl methyl sites for hydroxylation is 1. The molecule has 0 aliphatic heterocycles. The van der Waals surface area contributed by atoms with Crippen molar-refractivity contribution < 1.29 is 27.8 Å². The highest BCUT2D eigenvalue weighted by Crippen LogP contribution is 2.36. The quantitative estimate of drug-likeness (QED) is 0.487. The summed E-state index contributed by atoms with van der Waals surface area (Å²) in [5, 5.41) is 20.4. The Labute approximate surface area is 199 Å². The zero-order valence-corrected chi connectivity index (χ0v) is 19.2. The van der Waals surface area contributed by atoms with Gasteiger partial charge in [0.05, 0.1) is 31.0 Å². The number of nitrogens with zero attached hydrogens (tertiary/aromatic N) is 3. The normalized spacial score (nSPS) is 11.5. The minimum absolute atomic E-state index is 0.00487. The maximum atomic E-state index is 13.3.